The highest BCUT2D eigenvalue weighted by Crippen LogP contribution is 2.11. The number of ether oxygens (including phenoxy) is 1. The molecule has 0 atom stereocenters. The number of alkyl halides is 1. The molecule has 0 amide bonds. The Labute approximate surface area is 107 Å². The Bertz CT molecular complexity index is 290. The minimum Gasteiger partial charge on any atom is -0.383 e. The van der Waals surface area contributed by atoms with Gasteiger partial charge in [-0.05, 0) is 17.7 Å². The summed E-state index contributed by atoms with van der Waals surface area (Å²) < 4.78 is 5.07. The summed E-state index contributed by atoms with van der Waals surface area (Å²) >= 11 is 11.6. The minimum atomic E-state index is 0.636. The van der Waals surface area contributed by atoms with Crippen molar-refractivity contribution in [1.29, 1.82) is 0 Å². The molecule has 0 saturated carbocycles. The standard InChI is InChI=1S/C12H17Cl2NO/c1-16-9-8-15(7-6-13)10-11-2-4-12(14)5-3-11/h2-5H,6-10H2,1H3. The van der Waals surface area contributed by atoms with Gasteiger partial charge in [0, 0.05) is 37.6 Å². The highest BCUT2D eigenvalue weighted by molar-refractivity contribution is 6.30. The summed E-state index contributed by atoms with van der Waals surface area (Å²) in [6.45, 7) is 3.37. The van der Waals surface area contributed by atoms with Crippen molar-refractivity contribution in [3.8, 4) is 0 Å². The summed E-state index contributed by atoms with van der Waals surface area (Å²) in [5.41, 5.74) is 1.24. The first-order chi connectivity index (χ1) is 7.76. The lowest BCUT2D eigenvalue weighted by atomic mass is 10.2. The van der Waals surface area contributed by atoms with Crippen LogP contribution >= 0.6 is 23.2 Å². The molecule has 0 aliphatic heterocycles. The van der Waals surface area contributed by atoms with E-state index in [1.165, 1.54) is 5.56 Å². The molecule has 0 N–H and O–H groups in total. The van der Waals surface area contributed by atoms with Crippen LogP contribution in [-0.4, -0.2) is 37.6 Å². The number of methoxy groups -OCH3 is 1. The predicted molar refractivity (Wildman–Crippen MR) is 69.3 cm³/mol. The molecular formula is C12H17Cl2NO. The van der Waals surface area contributed by atoms with E-state index in [0.29, 0.717) is 5.88 Å². The third-order valence-corrected chi connectivity index (χ3v) is 2.75. The number of rotatable bonds is 7. The summed E-state index contributed by atoms with van der Waals surface area (Å²) in [7, 11) is 1.71. The summed E-state index contributed by atoms with van der Waals surface area (Å²) in [6.07, 6.45) is 0. The lowest BCUT2D eigenvalue weighted by molar-refractivity contribution is 0.148. The van der Waals surface area contributed by atoms with Crippen molar-refractivity contribution < 1.29 is 4.74 Å². The maximum Gasteiger partial charge on any atom is 0.0589 e. The minimum absolute atomic E-state index is 0.636. The largest absolute Gasteiger partial charge is 0.383 e. The Morgan fingerprint density at radius 1 is 1.19 bits per heavy atom. The van der Waals surface area contributed by atoms with Crippen LogP contribution in [0.3, 0.4) is 0 Å². The molecule has 2 nitrogen and oxygen atoms in total. The number of hydrogen-bond donors (Lipinski definition) is 0. The number of benzene rings is 1. The van der Waals surface area contributed by atoms with Crippen LogP contribution in [-0.2, 0) is 11.3 Å². The molecule has 1 aromatic carbocycles. The fourth-order valence-corrected chi connectivity index (χ4v) is 1.82. The first-order valence-corrected chi connectivity index (χ1v) is 6.19. The van der Waals surface area contributed by atoms with E-state index in [0.717, 1.165) is 31.3 Å². The maximum atomic E-state index is 5.84. The Morgan fingerprint density at radius 3 is 2.44 bits per heavy atom. The second kappa shape index (κ2) is 7.91. The van der Waals surface area contributed by atoms with Gasteiger partial charge in [0.2, 0.25) is 0 Å². The van der Waals surface area contributed by atoms with Gasteiger partial charge in [-0.15, -0.1) is 11.6 Å². The molecule has 0 radical (unpaired) electrons. The zero-order valence-corrected chi connectivity index (χ0v) is 11.0. The molecular weight excluding hydrogens is 245 g/mol. The number of nitrogens with zero attached hydrogens (tertiary/aromatic N) is 1. The van der Waals surface area contributed by atoms with Crippen LogP contribution in [0.1, 0.15) is 5.56 Å². The molecule has 0 saturated heterocycles. The van der Waals surface area contributed by atoms with Gasteiger partial charge in [-0.25, -0.2) is 0 Å². The van der Waals surface area contributed by atoms with E-state index in [2.05, 4.69) is 4.90 Å². The van der Waals surface area contributed by atoms with Gasteiger partial charge in [-0.1, -0.05) is 23.7 Å². The van der Waals surface area contributed by atoms with Gasteiger partial charge in [0.1, 0.15) is 0 Å². The normalized spacial score (nSPS) is 11.0. The van der Waals surface area contributed by atoms with Gasteiger partial charge in [-0.3, -0.25) is 4.90 Å². The SMILES string of the molecule is COCCN(CCCl)Cc1ccc(Cl)cc1. The average molecular weight is 262 g/mol. The first-order valence-electron chi connectivity index (χ1n) is 5.28. The second-order valence-electron chi connectivity index (χ2n) is 3.58. The lowest BCUT2D eigenvalue weighted by Gasteiger charge is -2.20. The van der Waals surface area contributed by atoms with Crippen molar-refractivity contribution in [2.45, 2.75) is 6.54 Å². The van der Waals surface area contributed by atoms with E-state index in [-0.39, 0.29) is 0 Å². The van der Waals surface area contributed by atoms with Crippen LogP contribution in [0.5, 0.6) is 0 Å². The van der Waals surface area contributed by atoms with Gasteiger partial charge in [0.05, 0.1) is 6.61 Å². The van der Waals surface area contributed by atoms with Gasteiger partial charge in [-0.2, -0.15) is 0 Å². The quantitative estimate of drug-likeness (QED) is 0.700. The number of hydrogen-bond acceptors (Lipinski definition) is 2. The molecule has 0 bridgehead atoms. The van der Waals surface area contributed by atoms with Gasteiger partial charge >= 0.3 is 0 Å². The van der Waals surface area contributed by atoms with E-state index in [4.69, 9.17) is 27.9 Å². The third kappa shape index (κ3) is 5.17. The van der Waals surface area contributed by atoms with E-state index in [1.54, 1.807) is 7.11 Å². The molecule has 1 aromatic rings. The second-order valence-corrected chi connectivity index (χ2v) is 4.40. The average Bonchev–Trinajstić information content (AvgIpc) is 2.29. The van der Waals surface area contributed by atoms with Crippen molar-refractivity contribution in [1.82, 2.24) is 4.90 Å². The molecule has 1 rings (SSSR count). The fourth-order valence-electron chi connectivity index (χ4n) is 1.46. The smallest absolute Gasteiger partial charge is 0.0589 e. The molecule has 0 aromatic heterocycles. The summed E-state index contributed by atoms with van der Waals surface area (Å²) in [4.78, 5) is 2.26. The highest BCUT2D eigenvalue weighted by Gasteiger charge is 2.04. The molecule has 0 aliphatic rings. The Balaban J connectivity index is 2.49. The topological polar surface area (TPSA) is 12.5 Å². The molecule has 0 aliphatic carbocycles. The zero-order valence-electron chi connectivity index (χ0n) is 9.46. The fraction of sp³-hybridized carbons (Fsp3) is 0.500. The Hall–Kier alpha value is -0.280. The molecule has 16 heavy (non-hydrogen) atoms. The van der Waals surface area contributed by atoms with Gasteiger partial charge in [0.25, 0.3) is 0 Å². The first kappa shape index (κ1) is 13.8. The highest BCUT2D eigenvalue weighted by atomic mass is 35.5. The molecule has 0 heterocycles. The van der Waals surface area contributed by atoms with Crippen LogP contribution < -0.4 is 0 Å². The van der Waals surface area contributed by atoms with E-state index in [9.17, 15) is 0 Å². The van der Waals surface area contributed by atoms with Crippen LogP contribution in [0, 0.1) is 0 Å². The molecule has 0 unspecified atom stereocenters. The van der Waals surface area contributed by atoms with Crippen LogP contribution in [0.15, 0.2) is 24.3 Å². The summed E-state index contributed by atoms with van der Waals surface area (Å²) in [5.74, 6) is 0.636. The van der Waals surface area contributed by atoms with E-state index >= 15 is 0 Å². The summed E-state index contributed by atoms with van der Waals surface area (Å²) in [6, 6.07) is 7.89. The zero-order chi connectivity index (χ0) is 11.8. The lowest BCUT2D eigenvalue weighted by Crippen LogP contribution is -2.28. The van der Waals surface area contributed by atoms with Crippen molar-refractivity contribution in [3.63, 3.8) is 0 Å². The summed E-state index contributed by atoms with van der Waals surface area (Å²) in [5, 5.41) is 0.768. The van der Waals surface area contributed by atoms with Crippen molar-refractivity contribution in [3.05, 3.63) is 34.9 Å². The molecule has 0 spiro atoms. The van der Waals surface area contributed by atoms with Gasteiger partial charge in [0.15, 0.2) is 0 Å². The third-order valence-electron chi connectivity index (χ3n) is 2.33. The van der Waals surface area contributed by atoms with Crippen LogP contribution in [0.25, 0.3) is 0 Å². The van der Waals surface area contributed by atoms with Gasteiger partial charge < -0.3 is 4.74 Å². The Morgan fingerprint density at radius 2 is 1.88 bits per heavy atom. The molecule has 0 fully saturated rings. The molecule has 4 heteroatoms. The maximum absolute atomic E-state index is 5.84. The van der Waals surface area contributed by atoms with Crippen LogP contribution in [0.2, 0.25) is 5.02 Å². The monoisotopic (exact) mass is 261 g/mol. The van der Waals surface area contributed by atoms with Crippen molar-refractivity contribution in [2.75, 3.05) is 32.7 Å². The van der Waals surface area contributed by atoms with E-state index < -0.39 is 0 Å². The molecule has 90 valence electrons. The van der Waals surface area contributed by atoms with Crippen molar-refractivity contribution in [2.24, 2.45) is 0 Å². The van der Waals surface area contributed by atoms with Crippen molar-refractivity contribution >= 4 is 23.2 Å². The van der Waals surface area contributed by atoms with Crippen LogP contribution in [0.4, 0.5) is 0 Å². The predicted octanol–water partition coefficient (Wildman–Crippen LogP) is 3.03. The number of halogens is 2. The van der Waals surface area contributed by atoms with E-state index in [1.807, 2.05) is 24.3 Å². The Kier molecular flexibility index (Phi) is 6.81.